The van der Waals surface area contributed by atoms with Gasteiger partial charge in [0.25, 0.3) is 5.91 Å². The molecule has 0 unspecified atom stereocenters. The molecule has 7 heteroatoms. The maximum atomic E-state index is 12.3. The molecule has 1 N–H and O–H groups in total. The molecule has 1 aliphatic rings. The second-order valence-corrected chi connectivity index (χ2v) is 7.03. The number of hydrogen-bond acceptors (Lipinski definition) is 5. The topological polar surface area (TPSA) is 88.7 Å². The van der Waals surface area contributed by atoms with E-state index in [1.54, 1.807) is 29.2 Å². The van der Waals surface area contributed by atoms with Gasteiger partial charge in [0.2, 0.25) is 5.78 Å². The predicted molar refractivity (Wildman–Crippen MR) is 107 cm³/mol. The number of nitrogens with one attached hydrogen (secondary N) is 1. The zero-order valence-electron chi connectivity index (χ0n) is 16.6. The van der Waals surface area contributed by atoms with E-state index in [2.05, 4.69) is 11.9 Å². The summed E-state index contributed by atoms with van der Waals surface area (Å²) in [5.41, 5.74) is 1.04. The second-order valence-electron chi connectivity index (χ2n) is 7.03. The number of Topliss-reactive ketones (excluding diaryl/α,β-unsaturated/α-hetero) is 1. The van der Waals surface area contributed by atoms with Crippen molar-refractivity contribution in [1.29, 1.82) is 0 Å². The highest BCUT2D eigenvalue weighted by Crippen LogP contribution is 2.15. The Hall–Kier alpha value is -3.09. The van der Waals surface area contributed by atoms with E-state index in [1.165, 1.54) is 12.3 Å². The van der Waals surface area contributed by atoms with Gasteiger partial charge in [-0.15, -0.1) is 0 Å². The Morgan fingerprint density at radius 1 is 1.07 bits per heavy atom. The molecule has 1 fully saturated rings. The van der Waals surface area contributed by atoms with Gasteiger partial charge >= 0.3 is 5.97 Å². The molecular weight excluding hydrogens is 372 g/mol. The minimum Gasteiger partial charge on any atom is -0.494 e. The number of carbonyl (C=O) groups is 3. The van der Waals surface area contributed by atoms with Crippen molar-refractivity contribution in [2.45, 2.75) is 32.6 Å². The first kappa shape index (κ1) is 20.6. The summed E-state index contributed by atoms with van der Waals surface area (Å²) >= 11 is 0. The second kappa shape index (κ2) is 9.91. The van der Waals surface area contributed by atoms with Crippen molar-refractivity contribution in [2.24, 2.45) is 0 Å². The van der Waals surface area contributed by atoms with Crippen LogP contribution < -0.4 is 4.74 Å². The van der Waals surface area contributed by atoms with E-state index in [0.717, 1.165) is 38.8 Å². The van der Waals surface area contributed by atoms with Crippen LogP contribution >= 0.6 is 0 Å². The number of H-pyrrole nitrogens is 1. The van der Waals surface area contributed by atoms with E-state index < -0.39 is 5.97 Å². The average Bonchev–Trinajstić information content (AvgIpc) is 3.44. The number of rotatable bonds is 9. The maximum Gasteiger partial charge on any atom is 0.338 e. The van der Waals surface area contributed by atoms with Crippen LogP contribution in [0.25, 0.3) is 0 Å². The Morgan fingerprint density at radius 3 is 2.48 bits per heavy atom. The zero-order chi connectivity index (χ0) is 20.6. The number of hydrogen-bond donors (Lipinski definition) is 1. The molecule has 1 amide bonds. The number of ketones is 1. The van der Waals surface area contributed by atoms with Crippen LogP contribution in [0.4, 0.5) is 0 Å². The van der Waals surface area contributed by atoms with Crippen molar-refractivity contribution in [2.75, 3.05) is 26.3 Å². The van der Waals surface area contributed by atoms with Crippen LogP contribution in [-0.4, -0.2) is 53.8 Å². The number of benzene rings is 1. The molecule has 0 radical (unpaired) electrons. The molecule has 1 aromatic carbocycles. The largest absolute Gasteiger partial charge is 0.494 e. The van der Waals surface area contributed by atoms with Crippen LogP contribution in [0, 0.1) is 0 Å². The number of esters is 1. The quantitative estimate of drug-likeness (QED) is 0.397. The van der Waals surface area contributed by atoms with E-state index >= 15 is 0 Å². The van der Waals surface area contributed by atoms with Gasteiger partial charge in [-0.3, -0.25) is 9.59 Å². The number of aromatic nitrogens is 1. The van der Waals surface area contributed by atoms with Crippen molar-refractivity contribution in [1.82, 2.24) is 9.88 Å². The molecule has 154 valence electrons. The van der Waals surface area contributed by atoms with Gasteiger partial charge in [-0.25, -0.2) is 4.79 Å². The molecule has 1 aromatic heterocycles. The maximum absolute atomic E-state index is 12.3. The highest BCUT2D eigenvalue weighted by atomic mass is 16.5. The van der Waals surface area contributed by atoms with Gasteiger partial charge in [0.05, 0.1) is 12.2 Å². The summed E-state index contributed by atoms with van der Waals surface area (Å²) in [5, 5.41) is 0. The normalized spacial score (nSPS) is 13.3. The zero-order valence-corrected chi connectivity index (χ0v) is 16.6. The van der Waals surface area contributed by atoms with Crippen molar-refractivity contribution in [3.8, 4) is 5.75 Å². The lowest BCUT2D eigenvalue weighted by molar-refractivity contribution is 0.0474. The summed E-state index contributed by atoms with van der Waals surface area (Å²) < 4.78 is 10.7. The molecule has 0 atom stereocenters. The van der Waals surface area contributed by atoms with Crippen LogP contribution in [-0.2, 0) is 4.74 Å². The number of carbonyl (C=O) groups excluding carboxylic acids is 3. The van der Waals surface area contributed by atoms with Gasteiger partial charge in [0.1, 0.15) is 11.4 Å². The SMILES string of the molecule is CCCCOc1ccc(C(=O)OCC(=O)c2c[nH]c(C(=O)N3CCCC3)c2)cc1. The Kier molecular flexibility index (Phi) is 7.05. The summed E-state index contributed by atoms with van der Waals surface area (Å²) in [6.45, 7) is 3.81. The summed E-state index contributed by atoms with van der Waals surface area (Å²) in [5.74, 6) is -0.370. The lowest BCUT2D eigenvalue weighted by Gasteiger charge is -2.13. The third kappa shape index (κ3) is 5.47. The molecule has 1 saturated heterocycles. The summed E-state index contributed by atoms with van der Waals surface area (Å²) in [6.07, 6.45) is 5.49. The highest BCUT2D eigenvalue weighted by Gasteiger charge is 2.22. The minimum atomic E-state index is -0.581. The summed E-state index contributed by atoms with van der Waals surface area (Å²) in [7, 11) is 0. The van der Waals surface area contributed by atoms with E-state index in [4.69, 9.17) is 9.47 Å². The van der Waals surface area contributed by atoms with Gasteiger partial charge in [-0.05, 0) is 49.6 Å². The Bertz CT molecular complexity index is 850. The van der Waals surface area contributed by atoms with Gasteiger partial charge in [0, 0.05) is 24.8 Å². The number of amides is 1. The Labute approximate surface area is 170 Å². The van der Waals surface area contributed by atoms with Crippen molar-refractivity contribution in [3.63, 3.8) is 0 Å². The van der Waals surface area contributed by atoms with Crippen LogP contribution in [0.2, 0.25) is 0 Å². The smallest absolute Gasteiger partial charge is 0.338 e. The fourth-order valence-electron chi connectivity index (χ4n) is 3.09. The number of ether oxygens (including phenoxy) is 2. The average molecular weight is 398 g/mol. The number of nitrogens with zero attached hydrogens (tertiary/aromatic N) is 1. The molecule has 3 rings (SSSR count). The van der Waals surface area contributed by atoms with Crippen LogP contribution in [0.3, 0.4) is 0 Å². The van der Waals surface area contributed by atoms with Crippen molar-refractivity contribution in [3.05, 3.63) is 53.3 Å². The molecule has 0 aliphatic carbocycles. The molecule has 2 aromatic rings. The molecule has 0 bridgehead atoms. The molecule has 1 aliphatic heterocycles. The molecule has 0 saturated carbocycles. The minimum absolute atomic E-state index is 0.111. The molecule has 29 heavy (non-hydrogen) atoms. The van der Waals surface area contributed by atoms with E-state index in [-0.39, 0.29) is 18.3 Å². The first-order chi connectivity index (χ1) is 14.1. The first-order valence-electron chi connectivity index (χ1n) is 9.99. The van der Waals surface area contributed by atoms with Crippen molar-refractivity contribution >= 4 is 17.7 Å². The van der Waals surface area contributed by atoms with E-state index in [1.807, 2.05) is 0 Å². The third-order valence-corrected chi connectivity index (χ3v) is 4.82. The van der Waals surface area contributed by atoms with Crippen molar-refractivity contribution < 1.29 is 23.9 Å². The van der Waals surface area contributed by atoms with Crippen LogP contribution in [0.15, 0.2) is 36.5 Å². The Balaban J connectivity index is 1.50. The monoisotopic (exact) mass is 398 g/mol. The summed E-state index contributed by atoms with van der Waals surface area (Å²) in [4.78, 5) is 41.4. The van der Waals surface area contributed by atoms with E-state index in [0.29, 0.717) is 29.2 Å². The number of aromatic amines is 1. The molecule has 2 heterocycles. The van der Waals surface area contributed by atoms with Gasteiger partial charge in [0.15, 0.2) is 6.61 Å². The lowest BCUT2D eigenvalue weighted by Crippen LogP contribution is -2.27. The molecule has 0 spiro atoms. The van der Waals surface area contributed by atoms with Crippen LogP contribution in [0.1, 0.15) is 63.8 Å². The highest BCUT2D eigenvalue weighted by molar-refractivity contribution is 6.02. The Morgan fingerprint density at radius 2 is 1.79 bits per heavy atom. The fourth-order valence-corrected chi connectivity index (χ4v) is 3.09. The van der Waals surface area contributed by atoms with Gasteiger partial charge in [-0.2, -0.15) is 0 Å². The van der Waals surface area contributed by atoms with E-state index in [9.17, 15) is 14.4 Å². The number of likely N-dealkylation sites (tertiary alicyclic amines) is 1. The van der Waals surface area contributed by atoms with Gasteiger partial charge in [-0.1, -0.05) is 13.3 Å². The molecule has 7 nitrogen and oxygen atoms in total. The summed E-state index contributed by atoms with van der Waals surface area (Å²) in [6, 6.07) is 8.14. The lowest BCUT2D eigenvalue weighted by atomic mass is 10.2. The first-order valence-corrected chi connectivity index (χ1v) is 9.99. The fraction of sp³-hybridized carbons (Fsp3) is 0.409. The number of unbranched alkanes of at least 4 members (excludes halogenated alkanes) is 1. The van der Waals surface area contributed by atoms with Crippen LogP contribution in [0.5, 0.6) is 5.75 Å². The standard InChI is InChI=1S/C22H26N2O5/c1-2-3-12-28-18-8-6-16(7-9-18)22(27)29-15-20(25)17-13-19(23-14-17)21(26)24-10-4-5-11-24/h6-9,13-14,23H,2-5,10-12,15H2,1H3. The molecular formula is C22H26N2O5. The third-order valence-electron chi connectivity index (χ3n) is 4.82. The van der Waals surface area contributed by atoms with Gasteiger partial charge < -0.3 is 19.4 Å². The predicted octanol–water partition coefficient (Wildman–Crippen LogP) is 3.47.